The largest absolute Gasteiger partial charge is 0.461 e. The van der Waals surface area contributed by atoms with Crippen LogP contribution in [0.3, 0.4) is 0 Å². The summed E-state index contributed by atoms with van der Waals surface area (Å²) in [4.78, 5) is 14.8. The van der Waals surface area contributed by atoms with Crippen LogP contribution in [-0.2, 0) is 10.5 Å². The lowest BCUT2D eigenvalue weighted by molar-refractivity contribution is 0.0519. The Hall–Kier alpha value is -3.90. The highest BCUT2D eigenvalue weighted by atomic mass is 16.5. The van der Waals surface area contributed by atoms with Crippen molar-refractivity contribution in [1.29, 1.82) is 0 Å². The summed E-state index contributed by atoms with van der Waals surface area (Å²) in [5.41, 5.74) is 2.67. The van der Waals surface area contributed by atoms with Crippen LogP contribution in [0.15, 0.2) is 84.9 Å². The first-order valence-electron chi connectivity index (χ1n) is 10.5. The zero-order chi connectivity index (χ0) is 22.3. The number of para-hydroxylation sites is 2. The minimum Gasteiger partial charge on any atom is -0.461 e. The molecule has 0 saturated carbocycles. The Kier molecular flexibility index (Phi) is 4.79. The van der Waals surface area contributed by atoms with Crippen LogP contribution in [0.4, 0.5) is 5.69 Å². The van der Waals surface area contributed by atoms with Gasteiger partial charge < -0.3 is 14.7 Å². The van der Waals surface area contributed by atoms with Crippen molar-refractivity contribution < 1.29 is 14.6 Å². The average Bonchev–Trinajstić information content (AvgIpc) is 3.25. The van der Waals surface area contributed by atoms with Crippen LogP contribution in [0.2, 0.25) is 0 Å². The molecule has 0 radical (unpaired) electrons. The smallest absolute Gasteiger partial charge is 0.359 e. The summed E-state index contributed by atoms with van der Waals surface area (Å²) in [5, 5.41) is 17.1. The minimum absolute atomic E-state index is 0.174. The van der Waals surface area contributed by atoms with Crippen LogP contribution in [0, 0.1) is 0 Å². The number of anilines is 1. The molecular weight excluding hydrogens is 402 g/mol. The van der Waals surface area contributed by atoms with Crippen molar-refractivity contribution in [1.82, 2.24) is 9.78 Å². The monoisotopic (exact) mass is 425 g/mol. The van der Waals surface area contributed by atoms with Crippen molar-refractivity contribution >= 4 is 11.7 Å². The molecule has 1 atom stereocenters. The van der Waals surface area contributed by atoms with Gasteiger partial charge in [0.2, 0.25) is 5.72 Å². The summed E-state index contributed by atoms with van der Waals surface area (Å²) in [6, 6.07) is 26.6. The minimum atomic E-state index is -1.57. The van der Waals surface area contributed by atoms with E-state index in [4.69, 9.17) is 9.84 Å². The number of aromatic nitrogens is 2. The Morgan fingerprint density at radius 1 is 0.938 bits per heavy atom. The molecule has 1 unspecified atom stereocenters. The highest BCUT2D eigenvalue weighted by molar-refractivity contribution is 5.97. The van der Waals surface area contributed by atoms with E-state index in [2.05, 4.69) is 0 Å². The summed E-state index contributed by atoms with van der Waals surface area (Å²) < 4.78 is 7.02. The van der Waals surface area contributed by atoms with Gasteiger partial charge in [-0.2, -0.15) is 5.10 Å². The first kappa shape index (κ1) is 20.0. The van der Waals surface area contributed by atoms with Crippen molar-refractivity contribution in [2.75, 3.05) is 18.6 Å². The summed E-state index contributed by atoms with van der Waals surface area (Å²) in [7, 11) is 1.85. The first-order valence-corrected chi connectivity index (χ1v) is 10.5. The molecule has 0 amide bonds. The molecule has 2 heterocycles. The van der Waals surface area contributed by atoms with Gasteiger partial charge in [-0.25, -0.2) is 9.48 Å². The first-order chi connectivity index (χ1) is 15.6. The maximum Gasteiger partial charge on any atom is 0.359 e. The van der Waals surface area contributed by atoms with Crippen molar-refractivity contribution in [3.8, 4) is 16.8 Å². The number of hydrogen-bond donors (Lipinski definition) is 1. The number of fused-ring (bicyclic) bond motifs is 3. The third-order valence-corrected chi connectivity index (χ3v) is 5.88. The van der Waals surface area contributed by atoms with Crippen molar-refractivity contribution in [3.63, 3.8) is 0 Å². The molecule has 1 N–H and O–H groups in total. The Balaban J connectivity index is 1.92. The standard InChI is InChI=1S/C26H23N3O3/c1-3-32-25(30)23-22(18-12-6-4-7-13-18)24-26(31,19-14-8-5-9-15-19)28(2)20-16-10-11-17-21(20)29(24)27-23/h4-17,31H,3H2,1-2H3. The number of ether oxygens (including phenoxy) is 1. The molecular formula is C26H23N3O3. The second-order valence-electron chi connectivity index (χ2n) is 7.66. The number of rotatable bonds is 4. The van der Waals surface area contributed by atoms with Gasteiger partial charge in [-0.3, -0.25) is 0 Å². The van der Waals surface area contributed by atoms with Crippen LogP contribution < -0.4 is 4.90 Å². The number of carbonyl (C=O) groups is 1. The summed E-state index contributed by atoms with van der Waals surface area (Å²) in [5.74, 6) is -0.524. The fourth-order valence-corrected chi connectivity index (χ4v) is 4.40. The molecule has 0 saturated heterocycles. The number of esters is 1. The number of hydrogen-bond acceptors (Lipinski definition) is 5. The Bertz CT molecular complexity index is 1280. The third-order valence-electron chi connectivity index (χ3n) is 5.88. The van der Waals surface area contributed by atoms with E-state index in [0.717, 1.165) is 16.9 Å². The fourth-order valence-electron chi connectivity index (χ4n) is 4.40. The molecule has 0 aliphatic carbocycles. The van der Waals surface area contributed by atoms with Gasteiger partial charge in [0.1, 0.15) is 5.69 Å². The second-order valence-corrected chi connectivity index (χ2v) is 7.66. The lowest BCUT2D eigenvalue weighted by Gasteiger charge is -2.44. The second kappa shape index (κ2) is 7.66. The van der Waals surface area contributed by atoms with Gasteiger partial charge >= 0.3 is 5.97 Å². The van der Waals surface area contributed by atoms with E-state index in [1.54, 1.807) is 11.6 Å². The van der Waals surface area contributed by atoms with Crippen LogP contribution in [0.1, 0.15) is 28.7 Å². The molecule has 6 nitrogen and oxygen atoms in total. The van der Waals surface area contributed by atoms with E-state index in [-0.39, 0.29) is 12.3 Å². The number of benzene rings is 3. The zero-order valence-corrected chi connectivity index (χ0v) is 17.9. The lowest BCUT2D eigenvalue weighted by Crippen LogP contribution is -2.49. The van der Waals surface area contributed by atoms with Gasteiger partial charge in [0, 0.05) is 18.2 Å². The van der Waals surface area contributed by atoms with E-state index in [1.165, 1.54) is 0 Å². The van der Waals surface area contributed by atoms with Crippen LogP contribution >= 0.6 is 0 Å². The molecule has 1 aliphatic heterocycles. The fraction of sp³-hybridized carbons (Fsp3) is 0.154. The molecule has 3 aromatic carbocycles. The third kappa shape index (κ3) is 2.84. The van der Waals surface area contributed by atoms with E-state index < -0.39 is 11.7 Å². The molecule has 0 fully saturated rings. The van der Waals surface area contributed by atoms with Gasteiger partial charge in [0.25, 0.3) is 0 Å². The maximum atomic E-state index is 13.0. The predicted molar refractivity (Wildman–Crippen MR) is 123 cm³/mol. The number of nitrogens with zero attached hydrogens (tertiary/aromatic N) is 3. The van der Waals surface area contributed by atoms with Gasteiger partial charge in [0.05, 0.1) is 18.0 Å². The zero-order valence-electron chi connectivity index (χ0n) is 17.9. The van der Waals surface area contributed by atoms with Crippen LogP contribution in [0.5, 0.6) is 0 Å². The van der Waals surface area contributed by atoms with Crippen LogP contribution in [0.25, 0.3) is 16.8 Å². The number of aliphatic hydroxyl groups is 1. The molecule has 4 aromatic rings. The van der Waals surface area contributed by atoms with Gasteiger partial charge in [-0.05, 0) is 24.6 Å². The quantitative estimate of drug-likeness (QED) is 0.492. The van der Waals surface area contributed by atoms with Crippen LogP contribution in [-0.4, -0.2) is 34.5 Å². The highest BCUT2D eigenvalue weighted by Gasteiger charge is 2.48. The van der Waals surface area contributed by atoms with E-state index in [1.807, 2.05) is 96.9 Å². The molecule has 5 rings (SSSR count). The molecule has 160 valence electrons. The van der Waals surface area contributed by atoms with Crippen molar-refractivity contribution in [2.24, 2.45) is 0 Å². The maximum absolute atomic E-state index is 13.0. The Morgan fingerprint density at radius 3 is 2.19 bits per heavy atom. The summed E-state index contributed by atoms with van der Waals surface area (Å²) in [6.45, 7) is 1.99. The Labute approximate surface area is 186 Å². The molecule has 0 bridgehead atoms. The molecule has 1 aromatic heterocycles. The van der Waals surface area contributed by atoms with Gasteiger partial charge in [0.15, 0.2) is 5.69 Å². The predicted octanol–water partition coefficient (Wildman–Crippen LogP) is 4.36. The Morgan fingerprint density at radius 2 is 1.53 bits per heavy atom. The molecule has 0 spiro atoms. The lowest BCUT2D eigenvalue weighted by atomic mass is 9.89. The average molecular weight is 425 g/mol. The van der Waals surface area contributed by atoms with Crippen molar-refractivity contribution in [2.45, 2.75) is 12.6 Å². The highest BCUT2D eigenvalue weighted by Crippen LogP contribution is 2.48. The van der Waals surface area contributed by atoms with Crippen molar-refractivity contribution in [3.05, 3.63) is 102 Å². The normalized spacial score (nSPS) is 16.9. The molecule has 32 heavy (non-hydrogen) atoms. The van der Waals surface area contributed by atoms with E-state index >= 15 is 0 Å². The van der Waals surface area contributed by atoms with E-state index in [9.17, 15) is 9.90 Å². The topological polar surface area (TPSA) is 67.6 Å². The number of carbonyl (C=O) groups excluding carboxylic acids is 1. The summed E-state index contributed by atoms with van der Waals surface area (Å²) >= 11 is 0. The molecule has 1 aliphatic rings. The summed E-state index contributed by atoms with van der Waals surface area (Å²) in [6.07, 6.45) is 0. The van der Waals surface area contributed by atoms with Gasteiger partial charge in [-0.15, -0.1) is 0 Å². The molecule has 6 heteroatoms. The SMILES string of the molecule is CCOC(=O)c1nn2c(c1-c1ccccc1)C(O)(c1ccccc1)N(C)c1ccccc1-2. The van der Waals surface area contributed by atoms with Gasteiger partial charge in [-0.1, -0.05) is 72.8 Å². The van der Waals surface area contributed by atoms with E-state index in [0.29, 0.717) is 16.8 Å².